The third-order valence-corrected chi connectivity index (χ3v) is 9.35. The van der Waals surface area contributed by atoms with Crippen molar-refractivity contribution in [1.29, 1.82) is 0 Å². The summed E-state index contributed by atoms with van der Waals surface area (Å²) in [5, 5.41) is 0. The molecule has 5 rings (SSSR count). The molecule has 25 heavy (non-hydrogen) atoms. The highest BCUT2D eigenvalue weighted by Crippen LogP contribution is 2.65. The van der Waals surface area contributed by atoms with Gasteiger partial charge < -0.3 is 9.64 Å². The third-order valence-electron chi connectivity index (χ3n) is 9.35. The van der Waals surface area contributed by atoms with Crippen LogP contribution in [-0.4, -0.2) is 36.1 Å². The first kappa shape index (κ1) is 16.6. The number of piperidine rings is 1. The molecule has 5 fully saturated rings. The molecule has 0 spiro atoms. The van der Waals surface area contributed by atoms with Gasteiger partial charge in [0.15, 0.2) is 0 Å². The zero-order chi connectivity index (χ0) is 17.4. The monoisotopic (exact) mass is 345 g/mol. The minimum absolute atomic E-state index is 0.350. The van der Waals surface area contributed by atoms with Gasteiger partial charge in [-0.2, -0.15) is 0 Å². The molecule has 1 aliphatic heterocycles. The lowest BCUT2D eigenvalue weighted by Crippen LogP contribution is -2.61. The van der Waals surface area contributed by atoms with Crippen molar-refractivity contribution in [2.45, 2.75) is 96.3 Å². The fourth-order valence-corrected chi connectivity index (χ4v) is 7.76. The van der Waals surface area contributed by atoms with Crippen molar-refractivity contribution in [2.75, 3.05) is 7.05 Å². The topological polar surface area (TPSA) is 29.5 Å². The molecule has 0 aromatic carbocycles. The average Bonchev–Trinajstić information content (AvgIpc) is 3.34. The molecular weight excluding hydrogens is 310 g/mol. The van der Waals surface area contributed by atoms with Crippen molar-refractivity contribution < 1.29 is 9.53 Å². The Kier molecular flexibility index (Phi) is 3.63. The first-order valence-electron chi connectivity index (χ1n) is 10.8. The Hall–Kier alpha value is -0.570. The summed E-state index contributed by atoms with van der Waals surface area (Å²) in [5.74, 6) is 2.92. The Morgan fingerprint density at radius 2 is 1.68 bits per heavy atom. The lowest BCUT2D eigenvalue weighted by Gasteiger charge is -2.61. The van der Waals surface area contributed by atoms with E-state index in [1.807, 2.05) is 0 Å². The standard InChI is InChI=1S/C22H35NO2/c1-21-13-11-20(24)23(3)18(21)8-6-15-16-7-9-19(25-14-4-5-14)22(16,2)12-10-17(15)21/h14-19H,4-13H2,1-3H3/t15-,16-,17+,18?,19?,21+,22-/m0/s1. The Balaban J connectivity index is 1.40. The number of fused-ring (bicyclic) bond motifs is 5. The van der Waals surface area contributed by atoms with Gasteiger partial charge in [-0.15, -0.1) is 0 Å². The fourth-order valence-electron chi connectivity index (χ4n) is 7.76. The first-order chi connectivity index (χ1) is 11.9. The number of hydrogen-bond donors (Lipinski definition) is 0. The molecule has 1 amide bonds. The molecule has 0 N–H and O–H groups in total. The van der Waals surface area contributed by atoms with Gasteiger partial charge in [0.25, 0.3) is 0 Å². The van der Waals surface area contributed by atoms with Gasteiger partial charge in [0.2, 0.25) is 5.91 Å². The van der Waals surface area contributed by atoms with E-state index < -0.39 is 0 Å². The van der Waals surface area contributed by atoms with Crippen molar-refractivity contribution in [1.82, 2.24) is 4.90 Å². The van der Waals surface area contributed by atoms with Crippen LogP contribution in [0.4, 0.5) is 0 Å². The number of carbonyl (C=O) groups excluding carboxylic acids is 1. The van der Waals surface area contributed by atoms with Gasteiger partial charge in [-0.1, -0.05) is 13.8 Å². The second kappa shape index (κ2) is 5.47. The van der Waals surface area contributed by atoms with Crippen molar-refractivity contribution >= 4 is 5.91 Å². The second-order valence-electron chi connectivity index (χ2n) is 10.4. The van der Waals surface area contributed by atoms with E-state index in [0.29, 0.717) is 35.0 Å². The van der Waals surface area contributed by atoms with Crippen molar-refractivity contribution in [3.8, 4) is 0 Å². The summed E-state index contributed by atoms with van der Waals surface area (Å²) in [6.07, 6.45) is 13.5. The molecule has 5 aliphatic rings. The van der Waals surface area contributed by atoms with Crippen LogP contribution in [0.5, 0.6) is 0 Å². The van der Waals surface area contributed by atoms with Crippen LogP contribution in [0.1, 0.15) is 78.1 Å². The van der Waals surface area contributed by atoms with E-state index in [0.717, 1.165) is 30.6 Å². The van der Waals surface area contributed by atoms with Crippen molar-refractivity contribution in [3.05, 3.63) is 0 Å². The maximum atomic E-state index is 12.2. The Morgan fingerprint density at radius 3 is 2.44 bits per heavy atom. The summed E-state index contributed by atoms with van der Waals surface area (Å²) in [4.78, 5) is 14.4. The molecule has 4 saturated carbocycles. The SMILES string of the molecule is CN1C(=O)CC[C@@]2(C)C1CC[C@@H]1[C@H]2CC[C@]2(C)C(OC3CC3)CC[C@@H]12. The molecule has 4 aliphatic carbocycles. The van der Waals surface area contributed by atoms with Gasteiger partial charge in [-0.25, -0.2) is 0 Å². The quantitative estimate of drug-likeness (QED) is 0.742. The largest absolute Gasteiger partial charge is 0.374 e. The minimum atomic E-state index is 0.350. The maximum Gasteiger partial charge on any atom is 0.222 e. The van der Waals surface area contributed by atoms with Gasteiger partial charge >= 0.3 is 0 Å². The zero-order valence-electron chi connectivity index (χ0n) is 16.3. The van der Waals surface area contributed by atoms with Gasteiger partial charge in [-0.3, -0.25) is 4.79 Å². The molecule has 3 nitrogen and oxygen atoms in total. The van der Waals surface area contributed by atoms with E-state index in [2.05, 4.69) is 25.8 Å². The molecule has 0 radical (unpaired) electrons. The summed E-state index contributed by atoms with van der Waals surface area (Å²) in [6.45, 7) is 5.08. The lowest BCUT2D eigenvalue weighted by molar-refractivity contribution is -0.162. The molecule has 2 unspecified atom stereocenters. The molecular formula is C22H35NO2. The van der Waals surface area contributed by atoms with E-state index in [4.69, 9.17) is 4.74 Å². The molecule has 3 heteroatoms. The van der Waals surface area contributed by atoms with E-state index >= 15 is 0 Å². The smallest absolute Gasteiger partial charge is 0.222 e. The lowest BCUT2D eigenvalue weighted by atomic mass is 9.47. The number of amides is 1. The molecule has 1 saturated heterocycles. The fraction of sp³-hybridized carbons (Fsp3) is 0.955. The normalized spacial score (nSPS) is 52.5. The van der Waals surface area contributed by atoms with E-state index in [1.54, 1.807) is 0 Å². The van der Waals surface area contributed by atoms with E-state index in [1.165, 1.54) is 51.4 Å². The number of likely N-dealkylation sites (tertiary alicyclic amines) is 1. The van der Waals surface area contributed by atoms with Gasteiger partial charge in [0.1, 0.15) is 0 Å². The van der Waals surface area contributed by atoms with Crippen LogP contribution >= 0.6 is 0 Å². The van der Waals surface area contributed by atoms with Crippen molar-refractivity contribution in [2.24, 2.45) is 28.6 Å². The third kappa shape index (κ3) is 2.30. The highest BCUT2D eigenvalue weighted by atomic mass is 16.5. The van der Waals surface area contributed by atoms with Crippen LogP contribution in [0.15, 0.2) is 0 Å². The molecule has 1 heterocycles. The van der Waals surface area contributed by atoms with Gasteiger partial charge in [-0.05, 0) is 86.4 Å². The summed E-state index contributed by atoms with van der Waals surface area (Å²) >= 11 is 0. The van der Waals surface area contributed by atoms with Crippen LogP contribution in [-0.2, 0) is 9.53 Å². The predicted molar refractivity (Wildman–Crippen MR) is 98.1 cm³/mol. The number of hydrogen-bond acceptors (Lipinski definition) is 2. The molecule has 0 aromatic heterocycles. The van der Waals surface area contributed by atoms with Gasteiger partial charge in [0, 0.05) is 19.5 Å². The van der Waals surface area contributed by atoms with Crippen LogP contribution in [0, 0.1) is 28.6 Å². The molecule has 7 atom stereocenters. The Labute approximate surface area is 152 Å². The number of carbonyl (C=O) groups is 1. The summed E-state index contributed by atoms with van der Waals surface area (Å²) in [5.41, 5.74) is 0.770. The predicted octanol–water partition coefficient (Wildman–Crippen LogP) is 4.40. The number of ether oxygens (including phenoxy) is 1. The average molecular weight is 346 g/mol. The Bertz CT molecular complexity index is 572. The van der Waals surface area contributed by atoms with Crippen LogP contribution < -0.4 is 0 Å². The van der Waals surface area contributed by atoms with Crippen LogP contribution in [0.2, 0.25) is 0 Å². The molecule has 0 aromatic rings. The number of rotatable bonds is 2. The highest BCUT2D eigenvalue weighted by Gasteiger charge is 2.61. The van der Waals surface area contributed by atoms with Gasteiger partial charge in [0.05, 0.1) is 12.2 Å². The van der Waals surface area contributed by atoms with E-state index in [-0.39, 0.29) is 0 Å². The second-order valence-corrected chi connectivity index (χ2v) is 10.4. The van der Waals surface area contributed by atoms with E-state index in [9.17, 15) is 4.79 Å². The molecule has 140 valence electrons. The summed E-state index contributed by atoms with van der Waals surface area (Å²) < 4.78 is 6.48. The minimum Gasteiger partial charge on any atom is -0.374 e. The Morgan fingerprint density at radius 1 is 0.920 bits per heavy atom. The summed E-state index contributed by atoms with van der Waals surface area (Å²) in [7, 11) is 2.06. The van der Waals surface area contributed by atoms with Crippen LogP contribution in [0.25, 0.3) is 0 Å². The summed E-state index contributed by atoms with van der Waals surface area (Å²) in [6, 6.07) is 0.485. The highest BCUT2D eigenvalue weighted by molar-refractivity contribution is 5.77. The van der Waals surface area contributed by atoms with Crippen LogP contribution in [0.3, 0.4) is 0 Å². The van der Waals surface area contributed by atoms with Crippen molar-refractivity contribution in [3.63, 3.8) is 0 Å². The molecule has 0 bridgehead atoms. The number of nitrogens with zero attached hydrogens (tertiary/aromatic N) is 1. The zero-order valence-corrected chi connectivity index (χ0v) is 16.3. The maximum absolute atomic E-state index is 12.2. The first-order valence-corrected chi connectivity index (χ1v) is 10.8.